The SMILES string of the molecule is C=C(c1ccc2ccccc2c1)N1CCCC1. The van der Waals surface area contributed by atoms with Crippen LogP contribution >= 0.6 is 0 Å². The maximum atomic E-state index is 4.24. The van der Waals surface area contributed by atoms with E-state index in [4.69, 9.17) is 0 Å². The molecule has 1 saturated heterocycles. The lowest BCUT2D eigenvalue weighted by molar-refractivity contribution is 0.494. The maximum absolute atomic E-state index is 4.24. The fourth-order valence-corrected chi connectivity index (χ4v) is 2.54. The summed E-state index contributed by atoms with van der Waals surface area (Å²) < 4.78 is 0. The van der Waals surface area contributed by atoms with E-state index >= 15 is 0 Å². The quantitative estimate of drug-likeness (QED) is 0.746. The molecule has 0 amide bonds. The van der Waals surface area contributed by atoms with Crippen LogP contribution in [0.15, 0.2) is 49.0 Å². The number of hydrogen-bond donors (Lipinski definition) is 0. The summed E-state index contributed by atoms with van der Waals surface area (Å²) in [7, 11) is 0. The number of hydrogen-bond acceptors (Lipinski definition) is 1. The first kappa shape index (κ1) is 10.4. The van der Waals surface area contributed by atoms with Gasteiger partial charge in [0.1, 0.15) is 0 Å². The van der Waals surface area contributed by atoms with Crippen molar-refractivity contribution in [1.82, 2.24) is 4.90 Å². The molecule has 0 radical (unpaired) electrons. The average molecular weight is 223 g/mol. The van der Waals surface area contributed by atoms with Gasteiger partial charge in [-0.05, 0) is 35.2 Å². The van der Waals surface area contributed by atoms with Crippen LogP contribution in [-0.2, 0) is 0 Å². The lowest BCUT2D eigenvalue weighted by atomic mass is 10.1. The van der Waals surface area contributed by atoms with Crippen molar-refractivity contribution in [3.05, 3.63) is 54.6 Å². The molecular weight excluding hydrogens is 206 g/mol. The summed E-state index contributed by atoms with van der Waals surface area (Å²) in [5.41, 5.74) is 2.43. The van der Waals surface area contributed by atoms with Crippen LogP contribution in [0.25, 0.3) is 16.5 Å². The highest BCUT2D eigenvalue weighted by Gasteiger charge is 2.14. The monoisotopic (exact) mass is 223 g/mol. The number of benzene rings is 2. The summed E-state index contributed by atoms with van der Waals surface area (Å²) >= 11 is 0. The Balaban J connectivity index is 1.97. The first-order valence-electron chi connectivity index (χ1n) is 6.27. The minimum atomic E-state index is 1.16. The molecule has 0 aliphatic carbocycles. The van der Waals surface area contributed by atoms with Gasteiger partial charge < -0.3 is 4.90 Å². The van der Waals surface area contributed by atoms with E-state index in [1.807, 2.05) is 0 Å². The van der Waals surface area contributed by atoms with E-state index in [1.54, 1.807) is 0 Å². The number of nitrogens with zero attached hydrogens (tertiary/aromatic N) is 1. The van der Waals surface area contributed by atoms with Gasteiger partial charge in [0.05, 0.1) is 0 Å². The predicted octanol–water partition coefficient (Wildman–Crippen LogP) is 3.91. The molecule has 2 aromatic rings. The lowest BCUT2D eigenvalue weighted by Crippen LogP contribution is -2.16. The Morgan fingerprint density at radius 3 is 2.41 bits per heavy atom. The predicted molar refractivity (Wildman–Crippen MR) is 73.8 cm³/mol. The van der Waals surface area contributed by atoms with Gasteiger partial charge in [0.2, 0.25) is 0 Å². The molecule has 3 rings (SSSR count). The Kier molecular flexibility index (Phi) is 2.60. The van der Waals surface area contributed by atoms with Crippen molar-refractivity contribution >= 4 is 16.5 Å². The van der Waals surface area contributed by atoms with Crippen LogP contribution in [-0.4, -0.2) is 18.0 Å². The highest BCUT2D eigenvalue weighted by atomic mass is 15.1. The summed E-state index contributed by atoms with van der Waals surface area (Å²) in [5, 5.41) is 2.59. The highest BCUT2D eigenvalue weighted by molar-refractivity contribution is 5.85. The van der Waals surface area contributed by atoms with Gasteiger partial charge in [0, 0.05) is 18.8 Å². The molecule has 1 nitrogen and oxygen atoms in total. The third-order valence-electron chi connectivity index (χ3n) is 3.57. The van der Waals surface area contributed by atoms with E-state index in [0.717, 1.165) is 13.1 Å². The normalized spacial score (nSPS) is 15.4. The van der Waals surface area contributed by atoms with E-state index in [-0.39, 0.29) is 0 Å². The van der Waals surface area contributed by atoms with Gasteiger partial charge in [0.15, 0.2) is 0 Å². The number of likely N-dealkylation sites (tertiary alicyclic amines) is 1. The lowest BCUT2D eigenvalue weighted by Gasteiger charge is -2.20. The van der Waals surface area contributed by atoms with E-state index < -0.39 is 0 Å². The summed E-state index contributed by atoms with van der Waals surface area (Å²) in [6.45, 7) is 6.56. The van der Waals surface area contributed by atoms with Gasteiger partial charge in [0.25, 0.3) is 0 Å². The second kappa shape index (κ2) is 4.25. The molecule has 86 valence electrons. The van der Waals surface area contributed by atoms with Gasteiger partial charge in [-0.3, -0.25) is 0 Å². The van der Waals surface area contributed by atoms with Crippen LogP contribution in [0.1, 0.15) is 18.4 Å². The molecular formula is C16H17N. The Hall–Kier alpha value is -1.76. The van der Waals surface area contributed by atoms with Crippen LogP contribution in [0, 0.1) is 0 Å². The van der Waals surface area contributed by atoms with E-state index in [9.17, 15) is 0 Å². The molecule has 0 N–H and O–H groups in total. The van der Waals surface area contributed by atoms with Crippen LogP contribution < -0.4 is 0 Å². The van der Waals surface area contributed by atoms with Crippen LogP contribution in [0.5, 0.6) is 0 Å². The van der Waals surface area contributed by atoms with Crippen molar-refractivity contribution in [3.8, 4) is 0 Å². The van der Waals surface area contributed by atoms with E-state index in [1.165, 1.54) is 34.9 Å². The highest BCUT2D eigenvalue weighted by Crippen LogP contribution is 2.25. The first-order chi connectivity index (χ1) is 8.34. The second-order valence-electron chi connectivity index (χ2n) is 4.70. The molecule has 2 aromatic carbocycles. The Labute approximate surface area is 102 Å². The third-order valence-corrected chi connectivity index (χ3v) is 3.57. The van der Waals surface area contributed by atoms with Crippen LogP contribution in [0.4, 0.5) is 0 Å². The summed E-state index contributed by atoms with van der Waals surface area (Å²) in [4.78, 5) is 2.39. The zero-order valence-electron chi connectivity index (χ0n) is 10.0. The zero-order chi connectivity index (χ0) is 11.7. The van der Waals surface area contributed by atoms with Crippen molar-refractivity contribution in [3.63, 3.8) is 0 Å². The van der Waals surface area contributed by atoms with Gasteiger partial charge in [-0.15, -0.1) is 0 Å². The fraction of sp³-hybridized carbons (Fsp3) is 0.250. The van der Waals surface area contributed by atoms with Crippen molar-refractivity contribution in [2.24, 2.45) is 0 Å². The molecule has 0 unspecified atom stereocenters. The van der Waals surface area contributed by atoms with Gasteiger partial charge in [-0.1, -0.05) is 43.0 Å². The van der Waals surface area contributed by atoms with Crippen molar-refractivity contribution in [1.29, 1.82) is 0 Å². The third kappa shape index (κ3) is 1.93. The van der Waals surface area contributed by atoms with Gasteiger partial charge in [-0.2, -0.15) is 0 Å². The molecule has 0 atom stereocenters. The number of fused-ring (bicyclic) bond motifs is 1. The summed E-state index contributed by atoms with van der Waals surface area (Å²) in [6, 6.07) is 15.1. The molecule has 0 bridgehead atoms. The molecule has 1 aliphatic heterocycles. The van der Waals surface area contributed by atoms with Gasteiger partial charge >= 0.3 is 0 Å². The van der Waals surface area contributed by atoms with Crippen molar-refractivity contribution < 1.29 is 0 Å². The fourth-order valence-electron chi connectivity index (χ4n) is 2.54. The smallest absolute Gasteiger partial charge is 0.0367 e. The van der Waals surface area contributed by atoms with E-state index in [2.05, 4.69) is 53.9 Å². The Morgan fingerprint density at radius 2 is 1.65 bits per heavy atom. The molecule has 1 heterocycles. The van der Waals surface area contributed by atoms with Crippen LogP contribution in [0.2, 0.25) is 0 Å². The van der Waals surface area contributed by atoms with E-state index in [0.29, 0.717) is 0 Å². The molecule has 0 spiro atoms. The molecule has 0 aromatic heterocycles. The van der Waals surface area contributed by atoms with Crippen molar-refractivity contribution in [2.75, 3.05) is 13.1 Å². The number of rotatable bonds is 2. The standard InChI is InChI=1S/C16H17N/c1-13(17-10-4-5-11-17)15-9-8-14-6-2-3-7-16(14)12-15/h2-3,6-9,12H,1,4-5,10-11H2. The largest absolute Gasteiger partial charge is 0.372 e. The molecule has 0 saturated carbocycles. The minimum Gasteiger partial charge on any atom is -0.372 e. The Bertz CT molecular complexity index is 550. The first-order valence-corrected chi connectivity index (χ1v) is 6.27. The molecule has 17 heavy (non-hydrogen) atoms. The molecule has 1 aliphatic rings. The molecule has 1 fully saturated rings. The average Bonchev–Trinajstić information content (AvgIpc) is 2.91. The van der Waals surface area contributed by atoms with Crippen LogP contribution in [0.3, 0.4) is 0 Å². The van der Waals surface area contributed by atoms with Crippen molar-refractivity contribution in [2.45, 2.75) is 12.8 Å². The second-order valence-corrected chi connectivity index (χ2v) is 4.70. The topological polar surface area (TPSA) is 3.24 Å². The zero-order valence-corrected chi connectivity index (χ0v) is 10.0. The minimum absolute atomic E-state index is 1.16. The molecule has 1 heteroatoms. The summed E-state index contributed by atoms with van der Waals surface area (Å²) in [5.74, 6) is 0. The van der Waals surface area contributed by atoms with Gasteiger partial charge in [-0.25, -0.2) is 0 Å². The Morgan fingerprint density at radius 1 is 0.941 bits per heavy atom. The summed E-state index contributed by atoms with van der Waals surface area (Å²) in [6.07, 6.45) is 2.60. The maximum Gasteiger partial charge on any atom is 0.0367 e.